The zero-order chi connectivity index (χ0) is 16.4. The Labute approximate surface area is 139 Å². The number of anilines is 2. The van der Waals surface area contributed by atoms with Gasteiger partial charge in [-0.25, -0.2) is 4.98 Å². The lowest BCUT2D eigenvalue weighted by Gasteiger charge is -2.15. The van der Waals surface area contributed by atoms with Crippen LogP contribution in [0, 0.1) is 5.92 Å². The van der Waals surface area contributed by atoms with Crippen molar-refractivity contribution in [3.8, 4) is 0 Å². The Morgan fingerprint density at radius 2 is 1.96 bits per heavy atom. The third-order valence-electron chi connectivity index (χ3n) is 3.87. The number of aryl methyl sites for hydroxylation is 1. The van der Waals surface area contributed by atoms with Crippen molar-refractivity contribution in [2.24, 2.45) is 5.92 Å². The minimum Gasteiger partial charge on any atom is -0.326 e. The van der Waals surface area contributed by atoms with Crippen LogP contribution in [-0.4, -0.2) is 16.8 Å². The van der Waals surface area contributed by atoms with Gasteiger partial charge in [0, 0.05) is 23.1 Å². The fourth-order valence-corrected chi connectivity index (χ4v) is 3.84. The molecule has 1 aliphatic carbocycles. The highest BCUT2D eigenvalue weighted by Crippen LogP contribution is 2.32. The van der Waals surface area contributed by atoms with Crippen molar-refractivity contribution in [1.82, 2.24) is 4.98 Å². The predicted molar refractivity (Wildman–Crippen MR) is 92.0 cm³/mol. The van der Waals surface area contributed by atoms with E-state index in [0.717, 1.165) is 25.0 Å². The maximum absolute atomic E-state index is 12.3. The Kier molecular flexibility index (Phi) is 4.43. The standard InChI is InChI=1S/C17H19N3O2S/c1-10-3-8-14-15(9-10)23-17(19-14)20-16(22)12-4-6-13(7-5-12)18-11(2)21/h4-7,10H,3,8-9H2,1-2H3,(H,18,21)(H,19,20,22). The molecule has 6 heteroatoms. The Bertz CT molecular complexity index is 737. The first-order chi connectivity index (χ1) is 11.0. The van der Waals surface area contributed by atoms with Crippen LogP contribution in [0.2, 0.25) is 0 Å². The van der Waals surface area contributed by atoms with E-state index in [1.807, 2.05) is 0 Å². The summed E-state index contributed by atoms with van der Waals surface area (Å²) in [6.07, 6.45) is 3.21. The lowest BCUT2D eigenvalue weighted by Crippen LogP contribution is -2.12. The van der Waals surface area contributed by atoms with Gasteiger partial charge in [-0.05, 0) is 49.4 Å². The molecule has 1 aromatic heterocycles. The number of nitrogens with zero attached hydrogens (tertiary/aromatic N) is 1. The largest absolute Gasteiger partial charge is 0.326 e. The van der Waals surface area contributed by atoms with Crippen LogP contribution in [0.5, 0.6) is 0 Å². The fraction of sp³-hybridized carbons (Fsp3) is 0.353. The molecular formula is C17H19N3O2S. The molecule has 0 saturated carbocycles. The molecule has 0 saturated heterocycles. The van der Waals surface area contributed by atoms with Crippen molar-refractivity contribution < 1.29 is 9.59 Å². The highest BCUT2D eigenvalue weighted by molar-refractivity contribution is 7.15. The topological polar surface area (TPSA) is 71.1 Å². The molecule has 1 unspecified atom stereocenters. The number of aromatic nitrogens is 1. The number of carbonyl (C=O) groups is 2. The monoisotopic (exact) mass is 329 g/mol. The minimum absolute atomic E-state index is 0.134. The third-order valence-corrected chi connectivity index (χ3v) is 4.91. The fourth-order valence-electron chi connectivity index (χ4n) is 2.67. The second-order valence-corrected chi connectivity index (χ2v) is 7.03. The molecule has 0 aliphatic heterocycles. The van der Waals surface area contributed by atoms with Gasteiger partial charge in [-0.15, -0.1) is 11.3 Å². The number of carbonyl (C=O) groups excluding carboxylic acids is 2. The maximum Gasteiger partial charge on any atom is 0.257 e. The molecule has 0 fully saturated rings. The Hall–Kier alpha value is -2.21. The first-order valence-corrected chi connectivity index (χ1v) is 8.50. The smallest absolute Gasteiger partial charge is 0.257 e. The zero-order valence-electron chi connectivity index (χ0n) is 13.2. The maximum atomic E-state index is 12.3. The van der Waals surface area contributed by atoms with Gasteiger partial charge in [0.15, 0.2) is 5.13 Å². The van der Waals surface area contributed by atoms with Gasteiger partial charge < -0.3 is 5.32 Å². The average molecular weight is 329 g/mol. The number of nitrogens with one attached hydrogen (secondary N) is 2. The molecule has 5 nitrogen and oxygen atoms in total. The summed E-state index contributed by atoms with van der Waals surface area (Å²) in [5.41, 5.74) is 2.35. The number of benzene rings is 1. The SMILES string of the molecule is CC(=O)Nc1ccc(C(=O)Nc2nc3c(s2)CC(C)CC3)cc1. The molecule has 1 heterocycles. The van der Waals surface area contributed by atoms with Gasteiger partial charge in [-0.2, -0.15) is 0 Å². The summed E-state index contributed by atoms with van der Waals surface area (Å²) in [4.78, 5) is 29.1. The van der Waals surface area contributed by atoms with E-state index in [9.17, 15) is 9.59 Å². The summed E-state index contributed by atoms with van der Waals surface area (Å²) in [5, 5.41) is 6.22. The third kappa shape index (κ3) is 3.76. The van der Waals surface area contributed by atoms with Gasteiger partial charge >= 0.3 is 0 Å². The van der Waals surface area contributed by atoms with Crippen LogP contribution < -0.4 is 10.6 Å². The second kappa shape index (κ2) is 6.50. The minimum atomic E-state index is -0.182. The van der Waals surface area contributed by atoms with E-state index in [0.29, 0.717) is 22.3 Å². The lowest BCUT2D eigenvalue weighted by molar-refractivity contribution is -0.114. The van der Waals surface area contributed by atoms with Crippen LogP contribution in [0.15, 0.2) is 24.3 Å². The van der Waals surface area contributed by atoms with Gasteiger partial charge in [-0.3, -0.25) is 14.9 Å². The van der Waals surface area contributed by atoms with Crippen molar-refractivity contribution in [2.75, 3.05) is 10.6 Å². The predicted octanol–water partition coefficient (Wildman–Crippen LogP) is 3.48. The molecular weight excluding hydrogens is 310 g/mol. The molecule has 0 bridgehead atoms. The number of hydrogen-bond acceptors (Lipinski definition) is 4. The van der Waals surface area contributed by atoms with E-state index in [-0.39, 0.29) is 11.8 Å². The Morgan fingerprint density at radius 1 is 1.22 bits per heavy atom. The van der Waals surface area contributed by atoms with Gasteiger partial charge in [-0.1, -0.05) is 6.92 Å². The number of amides is 2. The summed E-state index contributed by atoms with van der Waals surface area (Å²) in [5.74, 6) is 0.371. The normalized spacial score (nSPS) is 16.5. The van der Waals surface area contributed by atoms with Crippen molar-refractivity contribution in [3.63, 3.8) is 0 Å². The van der Waals surface area contributed by atoms with Crippen LogP contribution in [-0.2, 0) is 17.6 Å². The number of fused-ring (bicyclic) bond motifs is 1. The van der Waals surface area contributed by atoms with Crippen molar-refractivity contribution >= 4 is 34.0 Å². The van der Waals surface area contributed by atoms with Gasteiger partial charge in [0.25, 0.3) is 5.91 Å². The van der Waals surface area contributed by atoms with E-state index < -0.39 is 0 Å². The number of rotatable bonds is 3. The average Bonchev–Trinajstić information content (AvgIpc) is 2.88. The van der Waals surface area contributed by atoms with Gasteiger partial charge in [0.2, 0.25) is 5.91 Å². The first-order valence-electron chi connectivity index (χ1n) is 7.69. The van der Waals surface area contributed by atoms with Crippen molar-refractivity contribution in [1.29, 1.82) is 0 Å². The molecule has 1 atom stereocenters. The molecule has 1 aliphatic rings. The highest BCUT2D eigenvalue weighted by atomic mass is 32.1. The highest BCUT2D eigenvalue weighted by Gasteiger charge is 2.20. The van der Waals surface area contributed by atoms with E-state index in [4.69, 9.17) is 0 Å². The molecule has 2 N–H and O–H groups in total. The van der Waals surface area contributed by atoms with Crippen LogP contribution in [0.4, 0.5) is 10.8 Å². The van der Waals surface area contributed by atoms with Crippen LogP contribution >= 0.6 is 11.3 Å². The summed E-state index contributed by atoms with van der Waals surface area (Å²) >= 11 is 1.57. The molecule has 23 heavy (non-hydrogen) atoms. The van der Waals surface area contributed by atoms with E-state index in [2.05, 4.69) is 22.5 Å². The molecule has 2 aromatic rings. The quantitative estimate of drug-likeness (QED) is 0.905. The molecule has 2 amide bonds. The van der Waals surface area contributed by atoms with Crippen LogP contribution in [0.3, 0.4) is 0 Å². The molecule has 120 valence electrons. The van der Waals surface area contributed by atoms with Crippen molar-refractivity contribution in [3.05, 3.63) is 40.4 Å². The summed E-state index contributed by atoms with van der Waals surface area (Å²) < 4.78 is 0. The van der Waals surface area contributed by atoms with E-state index in [1.54, 1.807) is 35.6 Å². The summed E-state index contributed by atoms with van der Waals surface area (Å²) in [6.45, 7) is 3.70. The van der Waals surface area contributed by atoms with Crippen molar-refractivity contribution in [2.45, 2.75) is 33.1 Å². The molecule has 0 spiro atoms. The lowest BCUT2D eigenvalue weighted by atomic mass is 9.93. The summed E-state index contributed by atoms with van der Waals surface area (Å²) in [7, 11) is 0. The molecule has 3 rings (SSSR count). The van der Waals surface area contributed by atoms with Crippen LogP contribution in [0.1, 0.15) is 41.2 Å². The molecule has 1 aromatic carbocycles. The van der Waals surface area contributed by atoms with Gasteiger partial charge in [0.05, 0.1) is 5.69 Å². The van der Waals surface area contributed by atoms with Crippen LogP contribution in [0.25, 0.3) is 0 Å². The first kappa shape index (κ1) is 15.7. The zero-order valence-corrected chi connectivity index (χ0v) is 14.0. The van der Waals surface area contributed by atoms with E-state index >= 15 is 0 Å². The van der Waals surface area contributed by atoms with E-state index in [1.165, 1.54) is 11.8 Å². The Morgan fingerprint density at radius 3 is 2.65 bits per heavy atom. The second-order valence-electron chi connectivity index (χ2n) is 5.95. The Balaban J connectivity index is 1.68. The summed E-state index contributed by atoms with van der Waals surface area (Å²) in [6, 6.07) is 6.81. The molecule has 0 radical (unpaired) electrons. The number of hydrogen-bond donors (Lipinski definition) is 2. The van der Waals surface area contributed by atoms with Gasteiger partial charge in [0.1, 0.15) is 0 Å². The number of thiazole rings is 1.